The molecule has 0 spiro atoms. The van der Waals surface area contributed by atoms with Gasteiger partial charge in [-0.15, -0.1) is 24.0 Å². The molecule has 2 unspecified atom stereocenters. The fourth-order valence-electron chi connectivity index (χ4n) is 4.00. The van der Waals surface area contributed by atoms with Gasteiger partial charge in [0.2, 0.25) is 0 Å². The normalized spacial score (nSPS) is 19.2. The number of nitrogens with zero attached hydrogens (tertiary/aromatic N) is 3. The van der Waals surface area contributed by atoms with Crippen LogP contribution in [0.15, 0.2) is 29.3 Å². The summed E-state index contributed by atoms with van der Waals surface area (Å²) in [6, 6.07) is 10.3. The molecule has 32 heavy (non-hydrogen) atoms. The molecular weight excluding hydrogens is 519 g/mol. The van der Waals surface area contributed by atoms with Gasteiger partial charge in [0.1, 0.15) is 6.07 Å². The number of ether oxygens (including phenoxy) is 1. The minimum atomic E-state index is -0.369. The Morgan fingerprint density at radius 3 is 2.78 bits per heavy atom. The zero-order chi connectivity index (χ0) is 22.1. The molecule has 0 bridgehead atoms. The van der Waals surface area contributed by atoms with Crippen LogP contribution < -0.4 is 20.9 Å². The van der Waals surface area contributed by atoms with Crippen LogP contribution in [0, 0.1) is 17.2 Å². The average Bonchev–Trinajstić information content (AvgIpc) is 3.62. The first-order valence-electron chi connectivity index (χ1n) is 11.4. The van der Waals surface area contributed by atoms with E-state index in [-0.39, 0.29) is 42.2 Å². The van der Waals surface area contributed by atoms with Crippen LogP contribution in [0.25, 0.3) is 0 Å². The Hall–Kier alpha value is -2.22. The van der Waals surface area contributed by atoms with Gasteiger partial charge >= 0.3 is 6.09 Å². The third kappa shape index (κ3) is 7.73. The molecule has 1 saturated carbocycles. The molecule has 1 aliphatic carbocycles. The van der Waals surface area contributed by atoms with Crippen molar-refractivity contribution in [2.75, 3.05) is 37.7 Å². The number of anilines is 1. The van der Waals surface area contributed by atoms with Crippen molar-refractivity contribution < 1.29 is 9.53 Å². The van der Waals surface area contributed by atoms with Crippen LogP contribution in [0.1, 0.15) is 45.1 Å². The lowest BCUT2D eigenvalue weighted by Crippen LogP contribution is -2.51. The van der Waals surface area contributed by atoms with Crippen molar-refractivity contribution in [3.63, 3.8) is 0 Å². The summed E-state index contributed by atoms with van der Waals surface area (Å²) in [6.45, 7) is 7.26. The molecule has 1 aromatic carbocycles. The smallest absolute Gasteiger partial charge is 0.407 e. The number of carbonyl (C=O) groups excluding carboxylic acids is 1. The zero-order valence-corrected chi connectivity index (χ0v) is 21.3. The number of halogens is 1. The number of aliphatic imine (C=N–C) groups is 1. The molecule has 3 N–H and O–H groups in total. The molecule has 1 heterocycles. The third-order valence-electron chi connectivity index (χ3n) is 5.69. The van der Waals surface area contributed by atoms with E-state index < -0.39 is 0 Å². The molecule has 2 atom stereocenters. The standard InChI is InChI=1S/C23H34N6O2.HI/c1-3-25-22(26-15-20(17-11-12-17)28-23(30)31-4-2)27-19-9-7-13-29(16-19)21-10-6-5-8-18(21)14-24;/h5-6,8,10,17,19-20H,3-4,7,9,11-13,15-16H2,1-2H3,(H,28,30)(H2,25,26,27);1H. The van der Waals surface area contributed by atoms with Gasteiger partial charge in [-0.1, -0.05) is 12.1 Å². The van der Waals surface area contributed by atoms with E-state index >= 15 is 0 Å². The van der Waals surface area contributed by atoms with Crippen molar-refractivity contribution in [3.8, 4) is 6.07 Å². The van der Waals surface area contributed by atoms with Crippen LogP contribution in [0.4, 0.5) is 10.5 Å². The molecule has 0 aromatic heterocycles. The van der Waals surface area contributed by atoms with Gasteiger partial charge in [-0.05, 0) is 57.6 Å². The molecule has 3 rings (SSSR count). The summed E-state index contributed by atoms with van der Waals surface area (Å²) < 4.78 is 5.04. The fraction of sp³-hybridized carbons (Fsp3) is 0.609. The molecule has 1 saturated heterocycles. The predicted octanol–water partition coefficient (Wildman–Crippen LogP) is 3.22. The maximum atomic E-state index is 11.9. The number of rotatable bonds is 8. The molecule has 1 amide bonds. The first kappa shape index (κ1) is 26.0. The van der Waals surface area contributed by atoms with E-state index in [1.165, 1.54) is 0 Å². The average molecular weight is 554 g/mol. The van der Waals surface area contributed by atoms with Crippen LogP contribution >= 0.6 is 24.0 Å². The number of amides is 1. The number of hydrogen-bond donors (Lipinski definition) is 3. The lowest BCUT2D eigenvalue weighted by molar-refractivity contribution is 0.147. The second-order valence-corrected chi connectivity index (χ2v) is 8.09. The first-order chi connectivity index (χ1) is 15.1. The molecule has 9 heteroatoms. The molecule has 1 aromatic rings. The Morgan fingerprint density at radius 1 is 1.31 bits per heavy atom. The first-order valence-corrected chi connectivity index (χ1v) is 11.4. The van der Waals surface area contributed by atoms with Crippen molar-refractivity contribution in [3.05, 3.63) is 29.8 Å². The maximum Gasteiger partial charge on any atom is 0.407 e. The topological polar surface area (TPSA) is 102 Å². The number of alkyl carbamates (subject to hydrolysis) is 1. The van der Waals surface area contributed by atoms with Crippen LogP contribution in [-0.4, -0.2) is 56.9 Å². The molecule has 2 aliphatic rings. The highest BCUT2D eigenvalue weighted by atomic mass is 127. The lowest BCUT2D eigenvalue weighted by Gasteiger charge is -2.35. The number of para-hydroxylation sites is 1. The van der Waals surface area contributed by atoms with E-state index in [1.54, 1.807) is 6.92 Å². The largest absolute Gasteiger partial charge is 0.450 e. The van der Waals surface area contributed by atoms with Crippen LogP contribution in [0.3, 0.4) is 0 Å². The number of benzene rings is 1. The Kier molecular flexibility index (Phi) is 10.9. The highest BCUT2D eigenvalue weighted by molar-refractivity contribution is 14.0. The number of hydrogen-bond acceptors (Lipinski definition) is 5. The van der Waals surface area contributed by atoms with Crippen LogP contribution in [0.5, 0.6) is 0 Å². The number of nitrogens with one attached hydrogen (secondary N) is 3. The monoisotopic (exact) mass is 554 g/mol. The molecule has 2 fully saturated rings. The van der Waals surface area contributed by atoms with E-state index in [9.17, 15) is 10.1 Å². The number of piperidine rings is 1. The summed E-state index contributed by atoms with van der Waals surface area (Å²) in [5.74, 6) is 1.24. The Labute approximate surface area is 208 Å². The number of guanidine groups is 1. The minimum absolute atomic E-state index is 0. The zero-order valence-electron chi connectivity index (χ0n) is 19.0. The quantitative estimate of drug-likeness (QED) is 0.259. The van der Waals surface area contributed by atoms with Crippen molar-refractivity contribution in [2.45, 2.75) is 51.6 Å². The van der Waals surface area contributed by atoms with Crippen molar-refractivity contribution >= 4 is 41.7 Å². The molecular formula is C23H35IN6O2. The van der Waals surface area contributed by atoms with E-state index in [0.29, 0.717) is 24.6 Å². The van der Waals surface area contributed by atoms with Gasteiger partial charge in [-0.25, -0.2) is 4.79 Å². The predicted molar refractivity (Wildman–Crippen MR) is 138 cm³/mol. The summed E-state index contributed by atoms with van der Waals surface area (Å²) in [6.07, 6.45) is 3.96. The van der Waals surface area contributed by atoms with Gasteiger partial charge in [0, 0.05) is 25.7 Å². The summed E-state index contributed by atoms with van der Waals surface area (Å²) >= 11 is 0. The minimum Gasteiger partial charge on any atom is -0.450 e. The van der Waals surface area contributed by atoms with E-state index in [2.05, 4.69) is 26.9 Å². The molecule has 176 valence electrons. The SMILES string of the molecule is CCNC(=NCC(NC(=O)OCC)C1CC1)NC1CCCN(c2ccccc2C#N)C1.I. The highest BCUT2D eigenvalue weighted by Gasteiger charge is 2.32. The lowest BCUT2D eigenvalue weighted by atomic mass is 10.0. The highest BCUT2D eigenvalue weighted by Crippen LogP contribution is 2.32. The van der Waals surface area contributed by atoms with Gasteiger partial charge in [-0.2, -0.15) is 5.26 Å². The Morgan fingerprint density at radius 2 is 2.09 bits per heavy atom. The van der Waals surface area contributed by atoms with Gasteiger partial charge < -0.3 is 25.6 Å². The Balaban J connectivity index is 0.00000363. The van der Waals surface area contributed by atoms with Crippen molar-refractivity contribution in [2.24, 2.45) is 10.9 Å². The second-order valence-electron chi connectivity index (χ2n) is 8.09. The summed E-state index contributed by atoms with van der Waals surface area (Å²) in [5.41, 5.74) is 1.70. The van der Waals surface area contributed by atoms with E-state index in [4.69, 9.17) is 9.73 Å². The molecule has 0 radical (unpaired) electrons. The molecule has 1 aliphatic heterocycles. The Bertz CT molecular complexity index is 808. The van der Waals surface area contributed by atoms with Gasteiger partial charge in [0.05, 0.1) is 30.4 Å². The van der Waals surface area contributed by atoms with Crippen LogP contribution in [0.2, 0.25) is 0 Å². The van der Waals surface area contributed by atoms with Crippen molar-refractivity contribution in [1.29, 1.82) is 5.26 Å². The summed E-state index contributed by atoms with van der Waals surface area (Å²) in [5, 5.41) is 19.3. The summed E-state index contributed by atoms with van der Waals surface area (Å²) in [4.78, 5) is 18.9. The van der Waals surface area contributed by atoms with Crippen LogP contribution in [-0.2, 0) is 4.74 Å². The number of carbonyl (C=O) groups is 1. The molecule has 8 nitrogen and oxygen atoms in total. The third-order valence-corrected chi connectivity index (χ3v) is 5.69. The van der Waals surface area contributed by atoms with Gasteiger partial charge in [0.25, 0.3) is 0 Å². The summed E-state index contributed by atoms with van der Waals surface area (Å²) in [7, 11) is 0. The van der Waals surface area contributed by atoms with Gasteiger partial charge in [0.15, 0.2) is 5.96 Å². The van der Waals surface area contributed by atoms with E-state index in [1.807, 2.05) is 31.2 Å². The fourth-order valence-corrected chi connectivity index (χ4v) is 4.00. The van der Waals surface area contributed by atoms with Crippen molar-refractivity contribution in [1.82, 2.24) is 16.0 Å². The van der Waals surface area contributed by atoms with Gasteiger partial charge in [-0.3, -0.25) is 4.99 Å². The second kappa shape index (κ2) is 13.4. The maximum absolute atomic E-state index is 11.9. The van der Waals surface area contributed by atoms with E-state index in [0.717, 1.165) is 57.0 Å². The number of nitriles is 1.